The number of likely N-dealkylation sites (N-methyl/N-ethyl adjacent to an activating group) is 1. The molecule has 0 aliphatic carbocycles. The molecule has 4 nitrogen and oxygen atoms in total. The van der Waals surface area contributed by atoms with Gasteiger partial charge < -0.3 is 10.2 Å². The molecule has 8 heteroatoms. The maximum atomic E-state index is 12.2. The number of alkyl halides is 3. The van der Waals surface area contributed by atoms with E-state index in [-0.39, 0.29) is 4.88 Å². The van der Waals surface area contributed by atoms with Gasteiger partial charge in [0.25, 0.3) is 11.7 Å². The minimum absolute atomic E-state index is 0.0892. The summed E-state index contributed by atoms with van der Waals surface area (Å²) in [5.74, 6) is -2.40. The molecule has 1 heterocycles. The Kier molecular flexibility index (Phi) is 5.07. The SMILES string of the molecule is CN(C)CCNC(=O)c1ccc(C(=O)C(F)(F)F)s1. The number of amides is 1. The van der Waals surface area contributed by atoms with Gasteiger partial charge in [-0.1, -0.05) is 0 Å². The predicted octanol–water partition coefficient (Wildman–Crippen LogP) is 1.78. The van der Waals surface area contributed by atoms with Gasteiger partial charge >= 0.3 is 6.18 Å². The highest BCUT2D eigenvalue weighted by molar-refractivity contribution is 7.16. The number of carbonyl (C=O) groups is 2. The summed E-state index contributed by atoms with van der Waals surface area (Å²) in [5, 5.41) is 2.56. The number of hydrogen-bond acceptors (Lipinski definition) is 4. The van der Waals surface area contributed by atoms with Gasteiger partial charge in [0.05, 0.1) is 9.75 Å². The monoisotopic (exact) mass is 294 g/mol. The van der Waals surface area contributed by atoms with Crippen LogP contribution in [0.4, 0.5) is 13.2 Å². The Labute approximate surface area is 112 Å². The van der Waals surface area contributed by atoms with Gasteiger partial charge in [-0.15, -0.1) is 11.3 Å². The molecule has 0 unspecified atom stereocenters. The van der Waals surface area contributed by atoms with E-state index in [1.54, 1.807) is 0 Å². The highest BCUT2D eigenvalue weighted by Crippen LogP contribution is 2.26. The molecule has 19 heavy (non-hydrogen) atoms. The lowest BCUT2D eigenvalue weighted by Gasteiger charge is -2.09. The molecule has 0 radical (unpaired) electrons. The standard InChI is InChI=1S/C11H13F3N2O2S/c1-16(2)6-5-15-10(18)8-4-3-7(19-8)9(17)11(12,13)14/h3-4H,5-6H2,1-2H3,(H,15,18). The minimum atomic E-state index is -4.91. The number of ketones is 1. The van der Waals surface area contributed by atoms with E-state index >= 15 is 0 Å². The topological polar surface area (TPSA) is 49.4 Å². The van der Waals surface area contributed by atoms with Crippen molar-refractivity contribution in [2.75, 3.05) is 27.2 Å². The molecule has 0 fully saturated rings. The van der Waals surface area contributed by atoms with Crippen molar-refractivity contribution in [1.82, 2.24) is 10.2 Å². The lowest BCUT2D eigenvalue weighted by atomic mass is 10.3. The zero-order valence-corrected chi connectivity index (χ0v) is 11.2. The molecule has 1 aromatic rings. The predicted molar refractivity (Wildman–Crippen MR) is 65.6 cm³/mol. The molecule has 106 valence electrons. The summed E-state index contributed by atoms with van der Waals surface area (Å²) >= 11 is 0.540. The van der Waals surface area contributed by atoms with Crippen LogP contribution >= 0.6 is 11.3 Å². The third-order valence-corrected chi connectivity index (χ3v) is 3.24. The van der Waals surface area contributed by atoms with Crippen molar-refractivity contribution in [1.29, 1.82) is 0 Å². The van der Waals surface area contributed by atoms with E-state index in [1.807, 2.05) is 19.0 Å². The van der Waals surface area contributed by atoms with Crippen molar-refractivity contribution in [2.45, 2.75) is 6.18 Å². The molecule has 0 saturated heterocycles. The third-order valence-electron chi connectivity index (χ3n) is 2.16. The molecular formula is C11H13F3N2O2S. The number of thiophene rings is 1. The van der Waals surface area contributed by atoms with E-state index in [9.17, 15) is 22.8 Å². The lowest BCUT2D eigenvalue weighted by Crippen LogP contribution is -2.30. The van der Waals surface area contributed by atoms with Crippen LogP contribution in [0.2, 0.25) is 0 Å². The smallest absolute Gasteiger partial charge is 0.350 e. The first-order valence-electron chi connectivity index (χ1n) is 5.36. The van der Waals surface area contributed by atoms with Crippen molar-refractivity contribution in [3.05, 3.63) is 21.9 Å². The summed E-state index contributed by atoms with van der Waals surface area (Å²) < 4.78 is 36.6. The summed E-state index contributed by atoms with van der Waals surface area (Å²) in [6.45, 7) is 0.998. The Hall–Kier alpha value is -1.41. The Bertz CT molecular complexity index is 469. The second kappa shape index (κ2) is 6.16. The molecule has 1 rings (SSSR count). The van der Waals surface area contributed by atoms with Crippen LogP contribution < -0.4 is 5.32 Å². The maximum Gasteiger partial charge on any atom is 0.455 e. The quantitative estimate of drug-likeness (QED) is 0.842. The van der Waals surface area contributed by atoms with Gasteiger partial charge in [-0.3, -0.25) is 9.59 Å². The minimum Gasteiger partial charge on any atom is -0.350 e. The van der Waals surface area contributed by atoms with Crippen LogP contribution in [0.1, 0.15) is 19.3 Å². The fourth-order valence-corrected chi connectivity index (χ4v) is 2.08. The molecule has 0 atom stereocenters. The van der Waals surface area contributed by atoms with Crippen LogP contribution in [-0.2, 0) is 0 Å². The van der Waals surface area contributed by atoms with Crippen LogP contribution in [-0.4, -0.2) is 50.0 Å². The highest BCUT2D eigenvalue weighted by atomic mass is 32.1. The van der Waals surface area contributed by atoms with Crippen molar-refractivity contribution in [3.63, 3.8) is 0 Å². The van der Waals surface area contributed by atoms with Gasteiger partial charge in [0, 0.05) is 13.1 Å². The molecule has 0 saturated carbocycles. The summed E-state index contributed by atoms with van der Waals surface area (Å²) in [6, 6.07) is 2.23. The van der Waals surface area contributed by atoms with E-state index in [1.165, 1.54) is 6.07 Å². The third kappa shape index (κ3) is 4.64. The van der Waals surface area contributed by atoms with Crippen molar-refractivity contribution >= 4 is 23.0 Å². The molecule has 1 aromatic heterocycles. The van der Waals surface area contributed by atoms with Gasteiger partial charge in [-0.05, 0) is 26.2 Å². The number of nitrogens with zero attached hydrogens (tertiary/aromatic N) is 1. The fraction of sp³-hybridized carbons (Fsp3) is 0.455. The zero-order valence-electron chi connectivity index (χ0n) is 10.4. The number of rotatable bonds is 5. The average molecular weight is 294 g/mol. The number of Topliss-reactive ketones (excluding diaryl/α,β-unsaturated/α-hetero) is 1. The van der Waals surface area contributed by atoms with Crippen molar-refractivity contribution in [3.8, 4) is 0 Å². The van der Waals surface area contributed by atoms with Gasteiger partial charge in [0.15, 0.2) is 0 Å². The second-order valence-corrected chi connectivity index (χ2v) is 5.13. The molecule has 0 aliphatic heterocycles. The van der Waals surface area contributed by atoms with Gasteiger partial charge in [-0.25, -0.2) is 0 Å². The van der Waals surface area contributed by atoms with Crippen LogP contribution in [0.15, 0.2) is 12.1 Å². The first-order chi connectivity index (χ1) is 8.71. The number of carbonyl (C=O) groups excluding carboxylic acids is 2. The van der Waals surface area contributed by atoms with E-state index in [4.69, 9.17) is 0 Å². The van der Waals surface area contributed by atoms with E-state index in [2.05, 4.69) is 5.32 Å². The fourth-order valence-electron chi connectivity index (χ4n) is 1.20. The van der Waals surface area contributed by atoms with Gasteiger partial charge in [0.2, 0.25) is 0 Å². The molecule has 0 spiro atoms. The average Bonchev–Trinajstić information content (AvgIpc) is 2.75. The Morgan fingerprint density at radius 3 is 2.37 bits per heavy atom. The second-order valence-electron chi connectivity index (χ2n) is 4.05. The highest BCUT2D eigenvalue weighted by Gasteiger charge is 2.40. The first kappa shape index (κ1) is 15.6. The molecular weight excluding hydrogens is 281 g/mol. The molecule has 1 N–H and O–H groups in total. The van der Waals surface area contributed by atoms with Crippen LogP contribution in [0.3, 0.4) is 0 Å². The Morgan fingerprint density at radius 1 is 1.26 bits per heavy atom. The van der Waals surface area contributed by atoms with Crippen molar-refractivity contribution in [2.24, 2.45) is 0 Å². The number of nitrogens with one attached hydrogen (secondary N) is 1. The van der Waals surface area contributed by atoms with Crippen LogP contribution in [0.5, 0.6) is 0 Å². The summed E-state index contributed by atoms with van der Waals surface area (Å²) in [4.78, 5) is 24.0. The number of halogens is 3. The van der Waals surface area contributed by atoms with Gasteiger partial charge in [-0.2, -0.15) is 13.2 Å². The first-order valence-corrected chi connectivity index (χ1v) is 6.17. The van der Waals surface area contributed by atoms with E-state index < -0.39 is 22.7 Å². The Balaban J connectivity index is 2.64. The molecule has 0 bridgehead atoms. The van der Waals surface area contributed by atoms with Gasteiger partial charge in [0.1, 0.15) is 0 Å². The molecule has 0 aromatic carbocycles. The summed E-state index contributed by atoms with van der Waals surface area (Å²) in [7, 11) is 3.66. The van der Waals surface area contributed by atoms with Crippen LogP contribution in [0.25, 0.3) is 0 Å². The molecule has 1 amide bonds. The van der Waals surface area contributed by atoms with Crippen LogP contribution in [0, 0.1) is 0 Å². The maximum absolute atomic E-state index is 12.2. The normalized spacial score (nSPS) is 11.7. The number of hydrogen-bond donors (Lipinski definition) is 1. The Morgan fingerprint density at radius 2 is 1.84 bits per heavy atom. The zero-order chi connectivity index (χ0) is 14.6. The summed E-state index contributed by atoms with van der Waals surface area (Å²) in [6.07, 6.45) is -4.91. The largest absolute Gasteiger partial charge is 0.455 e. The summed E-state index contributed by atoms with van der Waals surface area (Å²) in [5.41, 5.74) is 0. The van der Waals surface area contributed by atoms with Crippen molar-refractivity contribution < 1.29 is 22.8 Å². The van der Waals surface area contributed by atoms with E-state index in [0.717, 1.165) is 6.07 Å². The molecule has 0 aliphatic rings. The lowest BCUT2D eigenvalue weighted by molar-refractivity contribution is -0.0882. The van der Waals surface area contributed by atoms with E-state index in [0.29, 0.717) is 24.4 Å².